The normalized spacial score (nSPS) is 18.6. The highest BCUT2D eigenvalue weighted by atomic mass is 32.1. The summed E-state index contributed by atoms with van der Waals surface area (Å²) in [6, 6.07) is 5.37. The number of thiazole rings is 1. The second-order valence-corrected chi connectivity index (χ2v) is 10.4. The van der Waals surface area contributed by atoms with E-state index in [2.05, 4.69) is 20.3 Å². The average molecular weight is 459 g/mol. The molecule has 1 aliphatic heterocycles. The first-order valence-corrected chi connectivity index (χ1v) is 11.0. The van der Waals surface area contributed by atoms with E-state index < -0.39 is 11.8 Å². The molecule has 1 aliphatic rings. The Hall–Kier alpha value is -2.50. The number of ether oxygens (including phenoxy) is 1. The molecule has 1 amide bonds. The van der Waals surface area contributed by atoms with E-state index in [9.17, 15) is 20.1 Å². The van der Waals surface area contributed by atoms with Crippen molar-refractivity contribution in [1.29, 1.82) is 0 Å². The molecule has 10 heteroatoms. The Balaban J connectivity index is 1.53. The van der Waals surface area contributed by atoms with Gasteiger partial charge >= 0.3 is 5.97 Å². The largest absolute Gasteiger partial charge is 0.370 e. The summed E-state index contributed by atoms with van der Waals surface area (Å²) in [4.78, 5) is 25.8. The lowest BCUT2D eigenvalue weighted by Gasteiger charge is -2.44. The van der Waals surface area contributed by atoms with Crippen LogP contribution in [-0.4, -0.2) is 47.4 Å². The van der Waals surface area contributed by atoms with Crippen molar-refractivity contribution in [1.82, 2.24) is 15.0 Å². The van der Waals surface area contributed by atoms with Crippen molar-refractivity contribution < 1.29 is 24.9 Å². The molecule has 0 saturated carbocycles. The molecule has 4 rings (SSSR count). The minimum atomic E-state index is -3.11. The van der Waals surface area contributed by atoms with Crippen molar-refractivity contribution in [2.75, 3.05) is 5.32 Å². The minimum absolute atomic E-state index is 0.0728. The summed E-state index contributed by atoms with van der Waals surface area (Å²) < 4.78 is 6.07. The first-order chi connectivity index (χ1) is 14.8. The number of aromatic nitrogens is 3. The summed E-state index contributed by atoms with van der Waals surface area (Å²) in [6.45, 7) is 8.00. The molecule has 0 atom stereocenters. The number of anilines is 1. The topological polar surface area (TPSA) is 138 Å². The smallest absolute Gasteiger partial charge is 0.340 e. The lowest BCUT2D eigenvalue weighted by Crippen LogP contribution is -2.48. The Bertz CT molecular complexity index is 1150. The van der Waals surface area contributed by atoms with Gasteiger partial charge in [-0.25, -0.2) is 15.0 Å². The predicted molar refractivity (Wildman–Crippen MR) is 120 cm³/mol. The molecule has 2 aromatic heterocycles. The molecular formula is C22H26N4O5S. The van der Waals surface area contributed by atoms with Gasteiger partial charge in [0.15, 0.2) is 5.13 Å². The molecule has 32 heavy (non-hydrogen) atoms. The molecule has 1 fully saturated rings. The van der Waals surface area contributed by atoms with Crippen LogP contribution in [0.25, 0.3) is 21.3 Å². The van der Waals surface area contributed by atoms with E-state index in [4.69, 9.17) is 4.74 Å². The quantitative estimate of drug-likeness (QED) is 0.438. The monoisotopic (exact) mass is 458 g/mol. The van der Waals surface area contributed by atoms with Crippen molar-refractivity contribution in [3.05, 3.63) is 36.4 Å². The van der Waals surface area contributed by atoms with E-state index in [1.165, 1.54) is 17.5 Å². The number of aliphatic hydroxyl groups is 3. The fourth-order valence-electron chi connectivity index (χ4n) is 4.29. The molecule has 0 spiro atoms. The van der Waals surface area contributed by atoms with E-state index in [-0.39, 0.29) is 23.0 Å². The van der Waals surface area contributed by atoms with Gasteiger partial charge in [-0.2, -0.15) is 0 Å². The van der Waals surface area contributed by atoms with Gasteiger partial charge in [0, 0.05) is 23.7 Å². The Kier molecular flexibility index (Phi) is 5.54. The number of rotatable bonds is 4. The second kappa shape index (κ2) is 7.82. The molecule has 170 valence electrons. The summed E-state index contributed by atoms with van der Waals surface area (Å²) in [5, 5.41) is 32.1. The highest BCUT2D eigenvalue weighted by Crippen LogP contribution is 2.39. The van der Waals surface area contributed by atoms with Crippen LogP contribution >= 0.6 is 11.3 Å². The van der Waals surface area contributed by atoms with E-state index in [0.29, 0.717) is 28.9 Å². The van der Waals surface area contributed by atoms with E-state index in [1.807, 2.05) is 33.8 Å². The Morgan fingerprint density at radius 1 is 1.12 bits per heavy atom. The summed E-state index contributed by atoms with van der Waals surface area (Å²) >= 11 is 1.33. The third-order valence-electron chi connectivity index (χ3n) is 5.30. The minimum Gasteiger partial charge on any atom is -0.370 e. The van der Waals surface area contributed by atoms with Crippen LogP contribution in [0, 0.1) is 5.92 Å². The molecule has 9 nitrogen and oxygen atoms in total. The van der Waals surface area contributed by atoms with Crippen LogP contribution in [0.5, 0.6) is 0 Å². The Labute approximate surface area is 189 Å². The predicted octanol–water partition coefficient (Wildman–Crippen LogP) is 2.76. The number of nitrogens with one attached hydrogen (secondary N) is 1. The highest BCUT2D eigenvalue weighted by molar-refractivity contribution is 7.19. The van der Waals surface area contributed by atoms with Gasteiger partial charge in [-0.15, -0.1) is 0 Å². The number of amides is 1. The van der Waals surface area contributed by atoms with Gasteiger partial charge in [-0.05, 0) is 52.2 Å². The van der Waals surface area contributed by atoms with Crippen LogP contribution in [0.3, 0.4) is 0 Å². The van der Waals surface area contributed by atoms with Gasteiger partial charge in [-0.1, -0.05) is 23.5 Å². The van der Waals surface area contributed by atoms with E-state index >= 15 is 0 Å². The van der Waals surface area contributed by atoms with Gasteiger partial charge in [0.2, 0.25) is 11.7 Å². The Morgan fingerprint density at radius 2 is 1.81 bits per heavy atom. The number of carbonyl (C=O) groups is 1. The Morgan fingerprint density at radius 3 is 2.47 bits per heavy atom. The maximum atomic E-state index is 12.9. The molecule has 0 radical (unpaired) electrons. The van der Waals surface area contributed by atoms with Crippen LogP contribution in [0.15, 0.2) is 30.6 Å². The van der Waals surface area contributed by atoms with Gasteiger partial charge < -0.3 is 25.4 Å². The highest BCUT2D eigenvalue weighted by Gasteiger charge is 2.42. The van der Waals surface area contributed by atoms with E-state index in [0.717, 1.165) is 10.4 Å². The van der Waals surface area contributed by atoms with Gasteiger partial charge in [-0.3, -0.25) is 4.79 Å². The molecule has 1 aromatic carbocycles. The first-order valence-electron chi connectivity index (χ1n) is 10.2. The number of carbonyl (C=O) groups excluding carboxylic acids is 1. The summed E-state index contributed by atoms with van der Waals surface area (Å²) in [5.74, 6) is -3.87. The standard InChI is InChI=1S/C22H26N4O5S/c1-20(2)8-14(9-21(3,4)31-20)17(27)26-19-24-11-16(32-19)12-5-6-13-10-23-18(22(28,29)30)25-15(13)7-12/h5-7,10-11,14,28-30H,8-9H2,1-4H3,(H,24,26,27). The van der Waals surface area contributed by atoms with Gasteiger partial charge in [0.05, 0.1) is 21.6 Å². The fourth-order valence-corrected chi connectivity index (χ4v) is 5.10. The van der Waals surface area contributed by atoms with Crippen molar-refractivity contribution in [3.8, 4) is 10.4 Å². The lowest BCUT2D eigenvalue weighted by molar-refractivity contribution is -0.328. The number of benzene rings is 1. The number of nitrogens with zero attached hydrogens (tertiary/aromatic N) is 3. The molecule has 0 unspecified atom stereocenters. The van der Waals surface area contributed by atoms with Crippen molar-refractivity contribution >= 4 is 33.3 Å². The van der Waals surface area contributed by atoms with Gasteiger partial charge in [0.1, 0.15) is 0 Å². The zero-order valence-corrected chi connectivity index (χ0v) is 19.1. The number of fused-ring (bicyclic) bond motifs is 1. The van der Waals surface area contributed by atoms with Gasteiger partial charge in [0.25, 0.3) is 0 Å². The number of hydrogen-bond donors (Lipinski definition) is 4. The van der Waals surface area contributed by atoms with E-state index in [1.54, 1.807) is 18.3 Å². The van der Waals surface area contributed by atoms with Crippen LogP contribution < -0.4 is 5.32 Å². The van der Waals surface area contributed by atoms with Crippen molar-refractivity contribution in [2.45, 2.75) is 57.7 Å². The van der Waals surface area contributed by atoms with Crippen LogP contribution in [0.4, 0.5) is 5.13 Å². The summed E-state index contributed by atoms with van der Waals surface area (Å²) in [6.07, 6.45) is 4.33. The summed E-state index contributed by atoms with van der Waals surface area (Å²) in [5.41, 5.74) is 0.463. The average Bonchev–Trinajstić information content (AvgIpc) is 3.12. The molecule has 1 saturated heterocycles. The van der Waals surface area contributed by atoms with Crippen LogP contribution in [-0.2, 0) is 15.5 Å². The zero-order valence-electron chi connectivity index (χ0n) is 18.3. The van der Waals surface area contributed by atoms with Crippen LogP contribution in [0.1, 0.15) is 46.4 Å². The molecule has 0 bridgehead atoms. The second-order valence-electron chi connectivity index (χ2n) is 9.35. The van der Waals surface area contributed by atoms with Crippen molar-refractivity contribution in [3.63, 3.8) is 0 Å². The van der Waals surface area contributed by atoms with Crippen LogP contribution in [0.2, 0.25) is 0 Å². The molecule has 3 heterocycles. The molecular weight excluding hydrogens is 432 g/mol. The fraction of sp³-hybridized carbons (Fsp3) is 0.455. The molecule has 3 aromatic rings. The summed E-state index contributed by atoms with van der Waals surface area (Å²) in [7, 11) is 0. The first kappa shape index (κ1) is 22.7. The van der Waals surface area contributed by atoms with Crippen molar-refractivity contribution in [2.24, 2.45) is 5.92 Å². The third kappa shape index (κ3) is 4.94. The molecule has 0 aliphatic carbocycles. The lowest BCUT2D eigenvalue weighted by atomic mass is 9.80. The third-order valence-corrected chi connectivity index (χ3v) is 6.26. The maximum Gasteiger partial charge on any atom is 0.340 e. The molecule has 4 N–H and O–H groups in total. The maximum absolute atomic E-state index is 12.9. The number of hydrogen-bond acceptors (Lipinski definition) is 9. The zero-order chi connectivity index (χ0) is 23.3. The SMILES string of the molecule is CC1(C)CC(C(=O)Nc2ncc(-c3ccc4cnc(C(O)(O)O)nc4c3)s2)CC(C)(C)O1.